The van der Waals surface area contributed by atoms with Gasteiger partial charge in [-0.05, 0) is 43.4 Å². The molecule has 1 heterocycles. The summed E-state index contributed by atoms with van der Waals surface area (Å²) in [7, 11) is 1.63. The number of amides is 2. The maximum Gasteiger partial charge on any atom is 0.239 e. The number of benzene rings is 1. The van der Waals surface area contributed by atoms with Crippen LogP contribution in [0.2, 0.25) is 0 Å². The van der Waals surface area contributed by atoms with Crippen LogP contribution in [0.3, 0.4) is 0 Å². The summed E-state index contributed by atoms with van der Waals surface area (Å²) >= 11 is 0. The summed E-state index contributed by atoms with van der Waals surface area (Å²) in [5, 5.41) is 0. The minimum Gasteiger partial charge on any atom is -0.497 e. The number of hydrogen-bond donors (Lipinski definition) is 1. The highest BCUT2D eigenvalue weighted by Gasteiger charge is 2.38. The average molecular weight is 416 g/mol. The van der Waals surface area contributed by atoms with E-state index in [2.05, 4.69) is 4.90 Å². The molecule has 2 unspecified atom stereocenters. The van der Waals surface area contributed by atoms with Gasteiger partial charge < -0.3 is 20.3 Å². The molecule has 6 nitrogen and oxygen atoms in total. The molecular weight excluding hydrogens is 378 g/mol. The van der Waals surface area contributed by atoms with Crippen LogP contribution in [-0.2, 0) is 16.0 Å². The largest absolute Gasteiger partial charge is 0.497 e. The molecule has 2 fully saturated rings. The third-order valence-electron chi connectivity index (χ3n) is 6.52. The quantitative estimate of drug-likeness (QED) is 0.743. The summed E-state index contributed by atoms with van der Waals surface area (Å²) in [6.07, 6.45) is 7.15. The standard InChI is InChI=1S/C24H37N3O3/c1-17(2)23(28)27(19-7-5-4-6-8-19)20-13-14-26(16-20)24(29)22(25)15-18-9-11-21(30-3)12-10-18/h9-12,17,19-20,22H,4-8,13-16,25H2,1-3H3. The second-order valence-electron chi connectivity index (χ2n) is 9.08. The van der Waals surface area contributed by atoms with Crippen molar-refractivity contribution in [3.8, 4) is 5.75 Å². The molecule has 30 heavy (non-hydrogen) atoms. The molecule has 1 saturated carbocycles. The van der Waals surface area contributed by atoms with E-state index in [1.807, 2.05) is 43.0 Å². The first kappa shape index (κ1) is 22.6. The number of nitrogens with zero attached hydrogens (tertiary/aromatic N) is 2. The lowest BCUT2D eigenvalue weighted by Crippen LogP contribution is -2.51. The Morgan fingerprint density at radius 1 is 1.10 bits per heavy atom. The zero-order valence-electron chi connectivity index (χ0n) is 18.7. The summed E-state index contributed by atoms with van der Waals surface area (Å²) in [4.78, 5) is 30.0. The molecule has 2 aliphatic rings. The van der Waals surface area contributed by atoms with Crippen LogP contribution < -0.4 is 10.5 Å². The topological polar surface area (TPSA) is 75.9 Å². The summed E-state index contributed by atoms with van der Waals surface area (Å²) in [5.74, 6) is 0.977. The van der Waals surface area contributed by atoms with Crippen LogP contribution >= 0.6 is 0 Å². The molecule has 0 aromatic heterocycles. The van der Waals surface area contributed by atoms with E-state index in [0.717, 1.165) is 30.6 Å². The van der Waals surface area contributed by atoms with Gasteiger partial charge in [0.2, 0.25) is 11.8 Å². The second kappa shape index (κ2) is 10.3. The first-order valence-electron chi connectivity index (χ1n) is 11.4. The zero-order chi connectivity index (χ0) is 21.7. The number of likely N-dealkylation sites (tertiary alicyclic amines) is 1. The van der Waals surface area contributed by atoms with Crippen molar-refractivity contribution in [2.75, 3.05) is 20.2 Å². The molecule has 1 aliphatic carbocycles. The number of hydrogen-bond acceptors (Lipinski definition) is 4. The van der Waals surface area contributed by atoms with Gasteiger partial charge in [-0.1, -0.05) is 45.2 Å². The maximum absolute atomic E-state index is 13.0. The van der Waals surface area contributed by atoms with Crippen molar-refractivity contribution in [3.63, 3.8) is 0 Å². The first-order valence-corrected chi connectivity index (χ1v) is 11.4. The summed E-state index contributed by atoms with van der Waals surface area (Å²) in [6, 6.07) is 7.54. The van der Waals surface area contributed by atoms with E-state index in [1.165, 1.54) is 19.3 Å². The molecule has 2 amide bonds. The Morgan fingerprint density at radius 3 is 2.37 bits per heavy atom. The van der Waals surface area contributed by atoms with Crippen LogP contribution in [0.15, 0.2) is 24.3 Å². The van der Waals surface area contributed by atoms with Crippen molar-refractivity contribution in [2.45, 2.75) is 76.9 Å². The fraction of sp³-hybridized carbons (Fsp3) is 0.667. The van der Waals surface area contributed by atoms with E-state index in [9.17, 15) is 9.59 Å². The normalized spacial score (nSPS) is 21.0. The van der Waals surface area contributed by atoms with Gasteiger partial charge in [0.05, 0.1) is 19.2 Å². The molecule has 1 saturated heterocycles. The van der Waals surface area contributed by atoms with Crippen LogP contribution in [0.1, 0.15) is 57.9 Å². The van der Waals surface area contributed by atoms with Gasteiger partial charge >= 0.3 is 0 Å². The van der Waals surface area contributed by atoms with Gasteiger partial charge in [-0.15, -0.1) is 0 Å². The highest BCUT2D eigenvalue weighted by molar-refractivity contribution is 5.83. The Morgan fingerprint density at radius 2 is 1.77 bits per heavy atom. The predicted octanol–water partition coefficient (Wildman–Crippen LogP) is 2.98. The van der Waals surface area contributed by atoms with Gasteiger partial charge in [-0.2, -0.15) is 0 Å². The molecule has 1 aliphatic heterocycles. The smallest absolute Gasteiger partial charge is 0.239 e. The minimum atomic E-state index is -0.568. The number of carbonyl (C=O) groups excluding carboxylic acids is 2. The molecule has 2 N–H and O–H groups in total. The molecule has 1 aromatic rings. The lowest BCUT2D eigenvalue weighted by molar-refractivity contribution is -0.141. The fourth-order valence-electron chi connectivity index (χ4n) is 4.82. The second-order valence-corrected chi connectivity index (χ2v) is 9.08. The van der Waals surface area contributed by atoms with Crippen LogP contribution in [0.25, 0.3) is 0 Å². The number of rotatable bonds is 7. The van der Waals surface area contributed by atoms with Gasteiger partial charge in [0.1, 0.15) is 5.75 Å². The highest BCUT2D eigenvalue weighted by Crippen LogP contribution is 2.29. The predicted molar refractivity (Wildman–Crippen MR) is 118 cm³/mol. The van der Waals surface area contributed by atoms with E-state index in [4.69, 9.17) is 10.5 Å². The third-order valence-corrected chi connectivity index (χ3v) is 6.52. The Labute approximate surface area is 180 Å². The van der Waals surface area contributed by atoms with Crippen LogP contribution in [0.4, 0.5) is 0 Å². The molecule has 0 radical (unpaired) electrons. The van der Waals surface area contributed by atoms with E-state index in [1.54, 1.807) is 7.11 Å². The van der Waals surface area contributed by atoms with Crippen LogP contribution in [-0.4, -0.2) is 59.9 Å². The first-order chi connectivity index (χ1) is 14.4. The molecule has 6 heteroatoms. The van der Waals surface area contributed by atoms with Gasteiger partial charge in [0.25, 0.3) is 0 Å². The molecule has 0 bridgehead atoms. The molecule has 166 valence electrons. The number of methoxy groups -OCH3 is 1. The Bertz CT molecular complexity index is 713. The van der Waals surface area contributed by atoms with E-state index in [-0.39, 0.29) is 23.8 Å². The number of carbonyl (C=O) groups is 2. The van der Waals surface area contributed by atoms with Gasteiger partial charge in [0.15, 0.2) is 0 Å². The average Bonchev–Trinajstić information content (AvgIpc) is 3.24. The highest BCUT2D eigenvalue weighted by atomic mass is 16.5. The van der Waals surface area contributed by atoms with E-state index in [0.29, 0.717) is 25.6 Å². The van der Waals surface area contributed by atoms with Crippen molar-refractivity contribution in [2.24, 2.45) is 11.7 Å². The summed E-state index contributed by atoms with van der Waals surface area (Å²) in [6.45, 7) is 5.22. The van der Waals surface area contributed by atoms with Crippen LogP contribution in [0, 0.1) is 5.92 Å². The Hall–Kier alpha value is -2.08. The molecular formula is C24H37N3O3. The molecule has 1 aromatic carbocycles. The van der Waals surface area contributed by atoms with Crippen molar-refractivity contribution in [1.82, 2.24) is 9.80 Å². The Balaban J connectivity index is 1.62. The van der Waals surface area contributed by atoms with Crippen molar-refractivity contribution in [3.05, 3.63) is 29.8 Å². The number of nitrogens with two attached hydrogens (primary N) is 1. The minimum absolute atomic E-state index is 0.0194. The molecule has 3 rings (SSSR count). The van der Waals surface area contributed by atoms with Gasteiger partial charge in [0, 0.05) is 25.0 Å². The van der Waals surface area contributed by atoms with Gasteiger partial charge in [-0.3, -0.25) is 9.59 Å². The van der Waals surface area contributed by atoms with Gasteiger partial charge in [-0.25, -0.2) is 0 Å². The van der Waals surface area contributed by atoms with Crippen LogP contribution in [0.5, 0.6) is 5.75 Å². The number of ether oxygens (including phenoxy) is 1. The summed E-state index contributed by atoms with van der Waals surface area (Å²) < 4.78 is 5.18. The van der Waals surface area contributed by atoms with Crippen molar-refractivity contribution in [1.29, 1.82) is 0 Å². The van der Waals surface area contributed by atoms with Crippen molar-refractivity contribution < 1.29 is 14.3 Å². The summed E-state index contributed by atoms with van der Waals surface area (Å²) in [5.41, 5.74) is 7.29. The molecule has 2 atom stereocenters. The van der Waals surface area contributed by atoms with E-state index >= 15 is 0 Å². The SMILES string of the molecule is COc1ccc(CC(N)C(=O)N2CCC(N(C(=O)C(C)C)C3CCCCC3)C2)cc1. The molecule has 0 spiro atoms. The third kappa shape index (κ3) is 5.34. The zero-order valence-corrected chi connectivity index (χ0v) is 18.7. The lowest BCUT2D eigenvalue weighted by Gasteiger charge is -2.39. The maximum atomic E-state index is 13.0. The monoisotopic (exact) mass is 415 g/mol. The van der Waals surface area contributed by atoms with E-state index < -0.39 is 6.04 Å². The Kier molecular flexibility index (Phi) is 7.75. The lowest BCUT2D eigenvalue weighted by atomic mass is 9.92. The fourth-order valence-corrected chi connectivity index (χ4v) is 4.82. The van der Waals surface area contributed by atoms with Crippen molar-refractivity contribution >= 4 is 11.8 Å².